The van der Waals surface area contributed by atoms with Gasteiger partial charge in [0.25, 0.3) is 0 Å². The number of carbonyl (C=O) groups is 2. The molecule has 0 heterocycles. The Morgan fingerprint density at radius 1 is 0.246 bits per heavy atom. The van der Waals surface area contributed by atoms with Crippen LogP contribution in [0.2, 0.25) is 8.87 Å². The molecule has 0 unspecified atom stereocenters. The molecule has 0 fully saturated rings. The van der Waals surface area contributed by atoms with E-state index in [2.05, 4.69) is 27.7 Å². The van der Waals surface area contributed by atoms with Crippen molar-refractivity contribution in [2.24, 2.45) is 0 Å². The molecule has 0 aliphatic heterocycles. The van der Waals surface area contributed by atoms with Crippen LogP contribution in [0.15, 0.2) is 0 Å². The molecule has 364 valence electrons. The number of unbranched alkanes of at least 4 members (excludes halogenated alkanes) is 42. The van der Waals surface area contributed by atoms with Gasteiger partial charge in [-0.3, -0.25) is 0 Å². The van der Waals surface area contributed by atoms with Crippen molar-refractivity contribution in [3.05, 3.63) is 0 Å². The zero-order valence-corrected chi connectivity index (χ0v) is 45.3. The van der Waals surface area contributed by atoms with Gasteiger partial charge in [-0.1, -0.05) is 65.2 Å². The van der Waals surface area contributed by atoms with Gasteiger partial charge in [0.05, 0.1) is 0 Å². The standard InChI is InChI=1S/2C16H32O2.2C12H25.Sn/c2*1-2-3-4-5-6-7-8-9-10-11-12-13-14-15-16(17)18;2*1-3-5-7-9-11-12-10-8-6-4-2;/h2*2-15H2,1H3,(H,17,18);2*1,3-12H2,2H3;/q;;;;+2/p-2. The molecule has 61 heavy (non-hydrogen) atoms. The van der Waals surface area contributed by atoms with E-state index >= 15 is 0 Å². The van der Waals surface area contributed by atoms with Gasteiger partial charge in [0, 0.05) is 0 Å². The van der Waals surface area contributed by atoms with E-state index in [9.17, 15) is 9.59 Å². The van der Waals surface area contributed by atoms with Gasteiger partial charge in [0.15, 0.2) is 0 Å². The van der Waals surface area contributed by atoms with E-state index in [1.165, 1.54) is 257 Å². The van der Waals surface area contributed by atoms with E-state index in [0.29, 0.717) is 12.8 Å². The molecule has 0 N–H and O–H groups in total. The predicted octanol–water partition coefficient (Wildman–Crippen LogP) is 20.3. The minimum absolute atomic E-state index is 0.0632. The third-order valence-electron chi connectivity index (χ3n) is 13.4. The maximum absolute atomic E-state index is 13.6. The van der Waals surface area contributed by atoms with E-state index in [4.69, 9.17) is 6.15 Å². The van der Waals surface area contributed by atoms with Crippen molar-refractivity contribution in [3.63, 3.8) is 0 Å². The maximum atomic E-state index is 13.6. The van der Waals surface area contributed by atoms with Crippen LogP contribution in [0.25, 0.3) is 0 Å². The van der Waals surface area contributed by atoms with Gasteiger partial charge in [-0.2, -0.15) is 0 Å². The monoisotopic (exact) mass is 969 g/mol. The molecule has 0 aliphatic rings. The summed E-state index contributed by atoms with van der Waals surface area (Å²) in [6.07, 6.45) is 60.5. The van der Waals surface area contributed by atoms with Crippen LogP contribution in [0.1, 0.15) is 336 Å². The smallest absolute Gasteiger partial charge is 0.0654 e. The molecule has 0 aromatic carbocycles. The van der Waals surface area contributed by atoms with Crippen molar-refractivity contribution in [3.8, 4) is 0 Å². The van der Waals surface area contributed by atoms with Crippen LogP contribution >= 0.6 is 0 Å². The van der Waals surface area contributed by atoms with E-state index < -0.39 is 19.2 Å². The summed E-state index contributed by atoms with van der Waals surface area (Å²) in [6.45, 7) is 9.15. The molecule has 4 nitrogen and oxygen atoms in total. The molecule has 0 atom stereocenters. The second-order valence-corrected chi connectivity index (χ2v) is 28.9. The van der Waals surface area contributed by atoms with Crippen molar-refractivity contribution in [1.29, 1.82) is 0 Å². The van der Waals surface area contributed by atoms with Gasteiger partial charge in [-0.15, -0.1) is 0 Å². The molecule has 0 rings (SSSR count). The first-order valence-electron chi connectivity index (χ1n) is 28.5. The van der Waals surface area contributed by atoms with Crippen molar-refractivity contribution in [1.82, 2.24) is 0 Å². The van der Waals surface area contributed by atoms with Gasteiger partial charge in [-0.05, 0) is 0 Å². The Bertz CT molecular complexity index is 807. The first-order chi connectivity index (χ1) is 30.0. The Labute approximate surface area is 389 Å². The molecule has 0 saturated heterocycles. The predicted molar refractivity (Wildman–Crippen MR) is 272 cm³/mol. The van der Waals surface area contributed by atoms with Crippen molar-refractivity contribution in [2.45, 2.75) is 345 Å². The van der Waals surface area contributed by atoms with Crippen LogP contribution in [0.5, 0.6) is 0 Å². The summed E-state index contributed by atoms with van der Waals surface area (Å²) >= 11 is -3.99. The summed E-state index contributed by atoms with van der Waals surface area (Å²) in [7, 11) is 0. The van der Waals surface area contributed by atoms with E-state index in [1.54, 1.807) is 0 Å². The van der Waals surface area contributed by atoms with Crippen LogP contribution in [0.4, 0.5) is 0 Å². The molecule has 0 bridgehead atoms. The van der Waals surface area contributed by atoms with E-state index in [0.717, 1.165) is 47.4 Å². The van der Waals surface area contributed by atoms with Crippen LogP contribution in [-0.4, -0.2) is 31.1 Å². The third-order valence-corrected chi connectivity index (χ3v) is 23.2. The molecule has 0 radical (unpaired) electrons. The summed E-state index contributed by atoms with van der Waals surface area (Å²) in [5.41, 5.74) is 0. The van der Waals surface area contributed by atoms with Crippen LogP contribution < -0.4 is 0 Å². The minimum atomic E-state index is -3.99. The number of hydrogen-bond acceptors (Lipinski definition) is 4. The third kappa shape index (κ3) is 46.1. The molecule has 0 spiro atoms. The topological polar surface area (TPSA) is 52.6 Å². The molecule has 5 heteroatoms. The Morgan fingerprint density at radius 2 is 0.410 bits per heavy atom. The molecule has 0 aromatic heterocycles. The molecular weight excluding hydrogens is 855 g/mol. The van der Waals surface area contributed by atoms with Gasteiger partial charge >= 0.3 is 326 Å². The van der Waals surface area contributed by atoms with Gasteiger partial charge in [-0.25, -0.2) is 0 Å². The zero-order chi connectivity index (χ0) is 44.4. The van der Waals surface area contributed by atoms with Crippen LogP contribution in [0, 0.1) is 0 Å². The fraction of sp³-hybridized carbons (Fsp3) is 0.964. The summed E-state index contributed by atoms with van der Waals surface area (Å²) in [4.78, 5) is 27.3. The Balaban J connectivity index is 5.12. The number of hydrogen-bond donors (Lipinski definition) is 0. The summed E-state index contributed by atoms with van der Waals surface area (Å²) in [5.74, 6) is -0.126. The number of carbonyl (C=O) groups excluding carboxylic acids is 2. The first kappa shape index (κ1) is 60.7. The SMILES string of the molecule is CCCCCCCCCCCCCCCC(=O)[O][Sn]([CH2]CCCCCCCCCCC)([CH2]CCCCCCCCCCC)[O]C(=O)CCCCCCCCCCCCCCC. The Hall–Kier alpha value is -0.261. The molecule has 0 amide bonds. The molecular formula is C56H112O4Sn. The van der Waals surface area contributed by atoms with Gasteiger partial charge in [0.2, 0.25) is 0 Å². The second-order valence-electron chi connectivity index (χ2n) is 19.7. The van der Waals surface area contributed by atoms with Crippen molar-refractivity contribution >= 4 is 31.1 Å². The summed E-state index contributed by atoms with van der Waals surface area (Å²) in [6, 6.07) is 0. The van der Waals surface area contributed by atoms with Gasteiger partial charge < -0.3 is 0 Å². The Morgan fingerprint density at radius 3 is 0.607 bits per heavy atom. The normalized spacial score (nSPS) is 11.7. The summed E-state index contributed by atoms with van der Waals surface area (Å²) in [5, 5.41) is 0. The molecule has 0 aliphatic carbocycles. The average molecular weight is 968 g/mol. The quantitative estimate of drug-likeness (QED) is 0.0450. The van der Waals surface area contributed by atoms with Crippen molar-refractivity contribution < 1.29 is 15.7 Å². The second kappa shape index (κ2) is 50.7. The molecule has 0 aromatic rings. The zero-order valence-electron chi connectivity index (χ0n) is 42.5. The average Bonchev–Trinajstić information content (AvgIpc) is 3.25. The van der Waals surface area contributed by atoms with E-state index in [-0.39, 0.29) is 11.9 Å². The van der Waals surface area contributed by atoms with Crippen molar-refractivity contribution in [2.75, 3.05) is 0 Å². The fourth-order valence-corrected chi connectivity index (χ4v) is 18.7. The fourth-order valence-electron chi connectivity index (χ4n) is 9.20. The van der Waals surface area contributed by atoms with Crippen LogP contribution in [-0.2, 0) is 15.7 Å². The minimum Gasteiger partial charge on any atom is -0.0654 e. The first-order valence-corrected chi connectivity index (χ1v) is 34.8. The van der Waals surface area contributed by atoms with E-state index in [1.807, 2.05) is 0 Å². The van der Waals surface area contributed by atoms with Crippen LogP contribution in [0.3, 0.4) is 0 Å². The summed E-state index contributed by atoms with van der Waals surface area (Å²) < 4.78 is 15.0. The molecule has 0 saturated carbocycles. The number of rotatable bonds is 52. The van der Waals surface area contributed by atoms with Gasteiger partial charge in [0.1, 0.15) is 0 Å². The Kier molecular flexibility index (Phi) is 50.5.